The summed E-state index contributed by atoms with van der Waals surface area (Å²) in [5.74, 6) is 1.52. The number of H-pyrrole nitrogens is 1. The third-order valence-electron chi connectivity index (χ3n) is 6.22. The van der Waals surface area contributed by atoms with Gasteiger partial charge in [0, 0.05) is 22.2 Å². The fourth-order valence-corrected chi connectivity index (χ4v) is 4.56. The maximum absolute atomic E-state index is 13.1. The Labute approximate surface area is 192 Å². The molecule has 1 amide bonds. The number of hydrogen-bond acceptors (Lipinski definition) is 3. The van der Waals surface area contributed by atoms with Crippen molar-refractivity contribution in [2.75, 3.05) is 6.54 Å². The highest BCUT2D eigenvalue weighted by molar-refractivity contribution is 9.10. The Morgan fingerprint density at radius 1 is 1.10 bits per heavy atom. The number of aromatic amines is 1. The van der Waals surface area contributed by atoms with E-state index in [9.17, 15) is 4.79 Å². The van der Waals surface area contributed by atoms with Crippen molar-refractivity contribution in [2.24, 2.45) is 17.6 Å². The molecule has 0 spiro atoms. The number of carbonyl (C=O) groups excluding carboxylic acids is 1. The van der Waals surface area contributed by atoms with Crippen LogP contribution in [0.5, 0.6) is 0 Å². The maximum atomic E-state index is 13.1. The highest BCUT2D eigenvalue weighted by atomic mass is 79.9. The fourth-order valence-electron chi connectivity index (χ4n) is 4.30. The minimum absolute atomic E-state index is 0.0574. The van der Waals surface area contributed by atoms with E-state index < -0.39 is 0 Å². The molecule has 0 radical (unpaired) electrons. The molecule has 162 valence electrons. The summed E-state index contributed by atoms with van der Waals surface area (Å²) in [5.41, 5.74) is 8.89. The average molecular weight is 481 g/mol. The topological polar surface area (TPSA) is 83.8 Å². The van der Waals surface area contributed by atoms with Crippen LogP contribution in [0.2, 0.25) is 0 Å². The predicted molar refractivity (Wildman–Crippen MR) is 127 cm³/mol. The van der Waals surface area contributed by atoms with E-state index >= 15 is 0 Å². The van der Waals surface area contributed by atoms with Crippen LogP contribution < -0.4 is 11.1 Å². The Morgan fingerprint density at radius 3 is 2.48 bits per heavy atom. The molecule has 1 aliphatic carbocycles. The molecule has 1 fully saturated rings. The van der Waals surface area contributed by atoms with Crippen molar-refractivity contribution in [1.82, 2.24) is 15.3 Å². The number of rotatable bonds is 7. The Balaban J connectivity index is 1.52. The van der Waals surface area contributed by atoms with E-state index in [0.29, 0.717) is 12.3 Å². The zero-order valence-corrected chi connectivity index (χ0v) is 19.1. The summed E-state index contributed by atoms with van der Waals surface area (Å²) in [7, 11) is 0. The first-order valence-electron chi connectivity index (χ1n) is 11.0. The molecule has 4 N–H and O–H groups in total. The van der Waals surface area contributed by atoms with Gasteiger partial charge in [-0.1, -0.05) is 58.4 Å². The first-order chi connectivity index (χ1) is 15.1. The quantitative estimate of drug-likeness (QED) is 0.444. The summed E-state index contributed by atoms with van der Waals surface area (Å²) in [5, 5.41) is 3.29. The van der Waals surface area contributed by atoms with Gasteiger partial charge in [-0.05, 0) is 62.3 Å². The molecule has 0 aliphatic heterocycles. The Bertz CT molecular complexity index is 978. The summed E-state index contributed by atoms with van der Waals surface area (Å²) >= 11 is 3.47. The number of halogens is 1. The maximum Gasteiger partial charge on any atom is 0.223 e. The van der Waals surface area contributed by atoms with E-state index in [1.54, 1.807) is 0 Å². The SMILES string of the molecule is NC[C@H]1CC[C@H](C(=O)NC(Cc2ccccc2)c2nc(-c3ccc(Br)cc3)c[nH]2)CC1. The summed E-state index contributed by atoms with van der Waals surface area (Å²) in [4.78, 5) is 21.2. The average Bonchev–Trinajstić information content (AvgIpc) is 3.30. The second-order valence-corrected chi connectivity index (χ2v) is 9.30. The highest BCUT2D eigenvalue weighted by Gasteiger charge is 2.28. The van der Waals surface area contributed by atoms with Crippen LogP contribution >= 0.6 is 15.9 Å². The summed E-state index contributed by atoms with van der Waals surface area (Å²) < 4.78 is 1.03. The number of amides is 1. The monoisotopic (exact) mass is 480 g/mol. The molecule has 0 bridgehead atoms. The predicted octanol–water partition coefficient (Wildman–Crippen LogP) is 5.00. The van der Waals surface area contributed by atoms with E-state index in [4.69, 9.17) is 10.7 Å². The van der Waals surface area contributed by atoms with Crippen molar-refractivity contribution in [1.29, 1.82) is 0 Å². The largest absolute Gasteiger partial charge is 0.346 e. The number of hydrogen-bond donors (Lipinski definition) is 3. The minimum Gasteiger partial charge on any atom is -0.346 e. The number of aromatic nitrogens is 2. The van der Waals surface area contributed by atoms with Crippen LogP contribution in [-0.2, 0) is 11.2 Å². The van der Waals surface area contributed by atoms with E-state index in [1.165, 1.54) is 5.56 Å². The molecular formula is C25H29BrN4O. The fraction of sp³-hybridized carbons (Fsp3) is 0.360. The lowest BCUT2D eigenvalue weighted by Crippen LogP contribution is -2.37. The van der Waals surface area contributed by atoms with Gasteiger partial charge >= 0.3 is 0 Å². The summed E-state index contributed by atoms with van der Waals surface area (Å²) in [6, 6.07) is 18.1. The number of benzene rings is 2. The zero-order valence-electron chi connectivity index (χ0n) is 17.6. The third-order valence-corrected chi connectivity index (χ3v) is 6.75. The number of nitrogens with zero attached hydrogens (tertiary/aromatic N) is 1. The lowest BCUT2D eigenvalue weighted by atomic mass is 9.81. The molecule has 31 heavy (non-hydrogen) atoms. The van der Waals surface area contributed by atoms with Gasteiger partial charge in [-0.2, -0.15) is 0 Å². The molecule has 1 heterocycles. The second kappa shape index (κ2) is 10.2. The van der Waals surface area contributed by atoms with Gasteiger partial charge in [0.2, 0.25) is 5.91 Å². The Kier molecular flexibility index (Phi) is 7.20. The number of nitrogens with two attached hydrogens (primary N) is 1. The summed E-state index contributed by atoms with van der Waals surface area (Å²) in [6.07, 6.45) is 6.49. The van der Waals surface area contributed by atoms with Crippen molar-refractivity contribution in [3.05, 3.63) is 76.7 Å². The first-order valence-corrected chi connectivity index (χ1v) is 11.8. The van der Waals surface area contributed by atoms with Crippen molar-refractivity contribution in [2.45, 2.75) is 38.1 Å². The van der Waals surface area contributed by atoms with Crippen LogP contribution in [0, 0.1) is 11.8 Å². The van der Waals surface area contributed by atoms with Crippen molar-refractivity contribution in [3.63, 3.8) is 0 Å². The van der Waals surface area contributed by atoms with E-state index in [2.05, 4.69) is 38.4 Å². The third kappa shape index (κ3) is 5.63. The van der Waals surface area contributed by atoms with Gasteiger partial charge in [-0.25, -0.2) is 4.98 Å². The molecule has 5 nitrogen and oxygen atoms in total. The van der Waals surface area contributed by atoms with E-state index in [0.717, 1.165) is 53.8 Å². The van der Waals surface area contributed by atoms with Crippen molar-refractivity contribution in [3.8, 4) is 11.3 Å². The lowest BCUT2D eigenvalue weighted by Gasteiger charge is -2.28. The van der Waals surface area contributed by atoms with E-state index in [1.807, 2.05) is 48.7 Å². The van der Waals surface area contributed by atoms with E-state index in [-0.39, 0.29) is 17.9 Å². The molecule has 1 unspecified atom stereocenters. The van der Waals surface area contributed by atoms with Crippen LogP contribution in [0.4, 0.5) is 0 Å². The number of nitrogens with one attached hydrogen (secondary N) is 2. The van der Waals surface area contributed by atoms with Gasteiger partial charge in [0.1, 0.15) is 5.82 Å². The van der Waals surface area contributed by atoms with Crippen LogP contribution in [0.1, 0.15) is 43.1 Å². The smallest absolute Gasteiger partial charge is 0.223 e. The van der Waals surface area contributed by atoms with Gasteiger partial charge in [0.25, 0.3) is 0 Å². The van der Waals surface area contributed by atoms with Gasteiger partial charge in [-0.15, -0.1) is 0 Å². The number of carbonyl (C=O) groups is 1. The van der Waals surface area contributed by atoms with Gasteiger partial charge in [0.15, 0.2) is 0 Å². The van der Waals surface area contributed by atoms with Gasteiger partial charge < -0.3 is 16.0 Å². The van der Waals surface area contributed by atoms with Crippen LogP contribution in [0.15, 0.2) is 65.3 Å². The van der Waals surface area contributed by atoms with Crippen LogP contribution in [-0.4, -0.2) is 22.4 Å². The minimum atomic E-state index is -0.202. The molecule has 6 heteroatoms. The van der Waals surface area contributed by atoms with Crippen molar-refractivity contribution >= 4 is 21.8 Å². The Hall–Kier alpha value is -2.44. The number of imidazole rings is 1. The molecule has 1 aliphatic rings. The molecule has 4 rings (SSSR count). The first kappa shape index (κ1) is 21.8. The van der Waals surface area contributed by atoms with Gasteiger partial charge in [0.05, 0.1) is 11.7 Å². The molecule has 1 aromatic heterocycles. The molecule has 3 aromatic rings. The van der Waals surface area contributed by atoms with Crippen LogP contribution in [0.3, 0.4) is 0 Å². The highest BCUT2D eigenvalue weighted by Crippen LogP contribution is 2.29. The molecule has 0 saturated heterocycles. The lowest BCUT2D eigenvalue weighted by molar-refractivity contribution is -0.127. The Morgan fingerprint density at radius 2 is 1.81 bits per heavy atom. The standard InChI is InChI=1S/C25H29BrN4O/c26-21-12-10-19(11-13-21)23-16-28-24(29-23)22(14-17-4-2-1-3-5-17)30-25(31)20-8-6-18(15-27)7-9-20/h1-5,10-13,16,18,20,22H,6-9,14-15,27H2,(H,28,29)(H,30,31)/t18-,20-,22?. The van der Waals surface area contributed by atoms with Gasteiger partial charge in [-0.3, -0.25) is 4.79 Å². The molecule has 1 atom stereocenters. The van der Waals surface area contributed by atoms with Crippen LogP contribution in [0.25, 0.3) is 11.3 Å². The van der Waals surface area contributed by atoms with Crippen molar-refractivity contribution < 1.29 is 4.79 Å². The normalized spacial score (nSPS) is 19.7. The summed E-state index contributed by atoms with van der Waals surface area (Å²) in [6.45, 7) is 0.718. The zero-order chi connectivity index (χ0) is 21.6. The molecule has 2 aromatic carbocycles. The molecule has 1 saturated carbocycles. The molecular weight excluding hydrogens is 452 g/mol. The second-order valence-electron chi connectivity index (χ2n) is 8.38.